The lowest BCUT2D eigenvalue weighted by Crippen LogP contribution is -2.29. The number of carbonyl (C=O) groups is 1. The molecule has 5 nitrogen and oxygen atoms in total. The van der Waals surface area contributed by atoms with Gasteiger partial charge in [-0.25, -0.2) is 10.8 Å². The first-order chi connectivity index (χ1) is 9.58. The Morgan fingerprint density at radius 3 is 2.75 bits per heavy atom. The third kappa shape index (κ3) is 4.11. The van der Waals surface area contributed by atoms with Crippen LogP contribution in [0.3, 0.4) is 0 Å². The zero-order valence-corrected chi connectivity index (χ0v) is 13.4. The van der Waals surface area contributed by atoms with Crippen LogP contribution in [-0.2, 0) is 13.1 Å². The van der Waals surface area contributed by atoms with Gasteiger partial charge in [-0.3, -0.25) is 15.1 Å². The van der Waals surface area contributed by atoms with E-state index in [2.05, 4.69) is 43.4 Å². The van der Waals surface area contributed by atoms with Crippen molar-refractivity contribution >= 4 is 33.2 Å². The van der Waals surface area contributed by atoms with Gasteiger partial charge in [0.25, 0.3) is 5.91 Å². The van der Waals surface area contributed by atoms with Gasteiger partial charge < -0.3 is 0 Å². The molecule has 0 atom stereocenters. The fraction of sp³-hybridized carbons (Fsp3) is 0.231. The van der Waals surface area contributed by atoms with Crippen LogP contribution in [0.2, 0.25) is 0 Å². The molecule has 1 amide bonds. The number of thiazole rings is 1. The summed E-state index contributed by atoms with van der Waals surface area (Å²) in [6.45, 7) is 1.51. The average molecular weight is 355 g/mol. The maximum absolute atomic E-state index is 11.3. The van der Waals surface area contributed by atoms with Gasteiger partial charge in [0, 0.05) is 22.9 Å². The van der Waals surface area contributed by atoms with E-state index in [1.54, 1.807) is 0 Å². The van der Waals surface area contributed by atoms with E-state index in [9.17, 15) is 4.79 Å². The molecule has 7 heteroatoms. The number of nitrogen functional groups attached to an aromatic ring is 1. The van der Waals surface area contributed by atoms with Crippen molar-refractivity contribution in [2.45, 2.75) is 13.1 Å². The molecule has 0 spiro atoms. The minimum absolute atomic E-state index is 0.350. The molecule has 1 aromatic heterocycles. The summed E-state index contributed by atoms with van der Waals surface area (Å²) >= 11 is 4.71. The summed E-state index contributed by atoms with van der Waals surface area (Å²) in [4.78, 5) is 17.7. The fourth-order valence-corrected chi connectivity index (χ4v) is 2.75. The normalized spacial score (nSPS) is 10.8. The number of aromatic nitrogens is 1. The van der Waals surface area contributed by atoms with Gasteiger partial charge in [-0.15, -0.1) is 11.3 Å². The molecule has 3 N–H and O–H groups in total. The highest BCUT2D eigenvalue weighted by Gasteiger charge is 2.11. The number of amides is 1. The molecule has 0 aliphatic heterocycles. The second-order valence-electron chi connectivity index (χ2n) is 4.42. The first kappa shape index (κ1) is 15.1. The quantitative estimate of drug-likeness (QED) is 0.490. The van der Waals surface area contributed by atoms with E-state index in [1.807, 2.05) is 24.6 Å². The largest absolute Gasteiger partial charge is 0.296 e. The number of carbonyl (C=O) groups excluding carboxylic acids is 1. The van der Waals surface area contributed by atoms with Crippen LogP contribution in [0.25, 0.3) is 0 Å². The molecule has 0 aliphatic carbocycles. The van der Waals surface area contributed by atoms with E-state index < -0.39 is 0 Å². The first-order valence-corrected chi connectivity index (χ1v) is 7.64. The summed E-state index contributed by atoms with van der Waals surface area (Å²) in [5.74, 6) is 4.73. The molecule has 2 rings (SSSR count). The minimum atomic E-state index is -0.350. The monoisotopic (exact) mass is 354 g/mol. The molecule has 0 radical (unpaired) electrons. The Labute approximate surface area is 129 Å². The summed E-state index contributed by atoms with van der Waals surface area (Å²) in [7, 11) is 2.02. The number of nitrogens with one attached hydrogen (secondary N) is 1. The summed E-state index contributed by atoms with van der Waals surface area (Å²) in [5, 5.41) is 2.27. The van der Waals surface area contributed by atoms with E-state index in [1.165, 1.54) is 16.9 Å². The van der Waals surface area contributed by atoms with Crippen LogP contribution in [-0.4, -0.2) is 22.8 Å². The number of nitrogens with zero attached hydrogens (tertiary/aromatic N) is 2. The summed E-state index contributed by atoms with van der Waals surface area (Å²) in [6, 6.07) is 8.20. The van der Waals surface area contributed by atoms with E-state index in [0.717, 1.165) is 16.7 Å². The van der Waals surface area contributed by atoms with Gasteiger partial charge in [0.1, 0.15) is 0 Å². The van der Waals surface area contributed by atoms with Gasteiger partial charge in [0.15, 0.2) is 5.01 Å². The molecular formula is C13H15BrN4OS. The molecular weight excluding hydrogens is 340 g/mol. The van der Waals surface area contributed by atoms with Crippen LogP contribution in [0.4, 0.5) is 0 Å². The Morgan fingerprint density at radius 1 is 1.40 bits per heavy atom. The van der Waals surface area contributed by atoms with Crippen molar-refractivity contribution in [2.24, 2.45) is 5.84 Å². The molecule has 0 bridgehead atoms. The number of hydrogen-bond acceptors (Lipinski definition) is 5. The highest BCUT2D eigenvalue weighted by Crippen LogP contribution is 2.14. The van der Waals surface area contributed by atoms with Crippen molar-refractivity contribution in [2.75, 3.05) is 7.05 Å². The molecule has 0 unspecified atom stereocenters. The van der Waals surface area contributed by atoms with Gasteiger partial charge in [-0.2, -0.15) is 0 Å². The maximum Gasteiger partial charge on any atom is 0.294 e. The molecule has 2 aromatic rings. The number of nitrogens with two attached hydrogens (primary N) is 1. The number of benzene rings is 1. The lowest BCUT2D eigenvalue weighted by Gasteiger charge is -2.15. The predicted molar refractivity (Wildman–Crippen MR) is 83.1 cm³/mol. The van der Waals surface area contributed by atoms with Crippen LogP contribution in [0.15, 0.2) is 34.1 Å². The Balaban J connectivity index is 1.94. The van der Waals surface area contributed by atoms with E-state index in [4.69, 9.17) is 5.84 Å². The number of rotatable bonds is 5. The van der Waals surface area contributed by atoms with Gasteiger partial charge in [0.2, 0.25) is 0 Å². The molecule has 0 fully saturated rings. The minimum Gasteiger partial charge on any atom is -0.296 e. The Hall–Kier alpha value is -1.28. The second-order valence-corrected chi connectivity index (χ2v) is 6.19. The highest BCUT2D eigenvalue weighted by molar-refractivity contribution is 9.10. The van der Waals surface area contributed by atoms with E-state index in [-0.39, 0.29) is 5.91 Å². The summed E-state index contributed by atoms with van der Waals surface area (Å²) < 4.78 is 1.07. The van der Waals surface area contributed by atoms with Crippen LogP contribution in [0, 0.1) is 0 Å². The second kappa shape index (κ2) is 6.94. The molecule has 1 aromatic carbocycles. The van der Waals surface area contributed by atoms with Crippen molar-refractivity contribution in [1.82, 2.24) is 15.3 Å². The Kier molecular flexibility index (Phi) is 5.24. The number of hydrogen-bond donors (Lipinski definition) is 2. The third-order valence-electron chi connectivity index (χ3n) is 2.67. The highest BCUT2D eigenvalue weighted by atomic mass is 79.9. The maximum atomic E-state index is 11.3. The molecule has 20 heavy (non-hydrogen) atoms. The third-order valence-corrected chi connectivity index (χ3v) is 4.09. The van der Waals surface area contributed by atoms with Crippen molar-refractivity contribution in [1.29, 1.82) is 0 Å². The Morgan fingerprint density at radius 2 is 2.10 bits per heavy atom. The van der Waals surface area contributed by atoms with Gasteiger partial charge in [-0.1, -0.05) is 28.1 Å². The number of halogens is 1. The lowest BCUT2D eigenvalue weighted by molar-refractivity contribution is 0.0953. The molecule has 1 heterocycles. The van der Waals surface area contributed by atoms with Crippen LogP contribution >= 0.6 is 27.3 Å². The number of hydrazine groups is 1. The standard InChI is InChI=1S/C13H15BrN4OS/c1-18(6-9-2-4-10(14)5-3-9)7-11-8-20-13(16-11)12(19)17-15/h2-5,8H,6-7,15H2,1H3,(H,17,19). The fourth-order valence-electron chi connectivity index (χ4n) is 1.78. The zero-order valence-electron chi connectivity index (χ0n) is 11.0. The van der Waals surface area contributed by atoms with Gasteiger partial charge >= 0.3 is 0 Å². The van der Waals surface area contributed by atoms with Crippen molar-refractivity contribution in [3.63, 3.8) is 0 Å². The van der Waals surface area contributed by atoms with E-state index >= 15 is 0 Å². The molecule has 0 saturated heterocycles. The van der Waals surface area contributed by atoms with Crippen molar-refractivity contribution < 1.29 is 4.79 Å². The first-order valence-electron chi connectivity index (χ1n) is 5.97. The average Bonchev–Trinajstić information content (AvgIpc) is 2.89. The lowest BCUT2D eigenvalue weighted by atomic mass is 10.2. The van der Waals surface area contributed by atoms with Crippen LogP contribution in [0.1, 0.15) is 21.1 Å². The SMILES string of the molecule is CN(Cc1ccc(Br)cc1)Cc1csc(C(=O)NN)n1. The molecule has 0 aliphatic rings. The smallest absolute Gasteiger partial charge is 0.294 e. The summed E-state index contributed by atoms with van der Waals surface area (Å²) in [6.07, 6.45) is 0. The van der Waals surface area contributed by atoms with Crippen LogP contribution in [0.5, 0.6) is 0 Å². The summed E-state index contributed by atoms with van der Waals surface area (Å²) in [5.41, 5.74) is 4.18. The van der Waals surface area contributed by atoms with Crippen molar-refractivity contribution in [3.05, 3.63) is 50.4 Å². The topological polar surface area (TPSA) is 71.2 Å². The van der Waals surface area contributed by atoms with Gasteiger partial charge in [0.05, 0.1) is 5.69 Å². The molecule has 106 valence electrons. The molecule has 0 saturated carbocycles. The van der Waals surface area contributed by atoms with E-state index in [0.29, 0.717) is 11.6 Å². The predicted octanol–water partition coefficient (Wildman–Crippen LogP) is 2.14. The van der Waals surface area contributed by atoms with Crippen molar-refractivity contribution in [3.8, 4) is 0 Å². The van der Waals surface area contributed by atoms with Crippen LogP contribution < -0.4 is 11.3 Å². The Bertz CT molecular complexity index is 584. The zero-order chi connectivity index (χ0) is 14.5. The van der Waals surface area contributed by atoms with Gasteiger partial charge in [-0.05, 0) is 24.7 Å².